The third-order valence-corrected chi connectivity index (χ3v) is 3.89. The number of halogens is 3. The average Bonchev–Trinajstić information content (AvgIpc) is 2.89. The van der Waals surface area contributed by atoms with Crippen molar-refractivity contribution in [3.8, 4) is 11.4 Å². The number of carboxylic acids is 1. The molecule has 0 bridgehead atoms. The summed E-state index contributed by atoms with van der Waals surface area (Å²) >= 11 is 0. The molecule has 1 atom stereocenters. The lowest BCUT2D eigenvalue weighted by atomic mass is 9.96. The molecule has 7 heteroatoms. The number of carbonyl (C=O) groups is 1. The van der Waals surface area contributed by atoms with Gasteiger partial charge in [0.25, 0.3) is 0 Å². The summed E-state index contributed by atoms with van der Waals surface area (Å²) in [5.74, 6) is -1.52. The largest absolute Gasteiger partial charge is 0.481 e. The molecule has 0 amide bonds. The monoisotopic (exact) mass is 310 g/mol. The summed E-state index contributed by atoms with van der Waals surface area (Å²) in [6.45, 7) is 0.473. The van der Waals surface area contributed by atoms with E-state index in [0.29, 0.717) is 25.1 Å². The molecule has 1 aromatic carbocycles. The first-order valence-corrected chi connectivity index (χ1v) is 6.84. The van der Waals surface area contributed by atoms with Crippen LogP contribution in [0.4, 0.5) is 13.2 Å². The van der Waals surface area contributed by atoms with Crippen molar-refractivity contribution in [3.05, 3.63) is 41.7 Å². The van der Waals surface area contributed by atoms with Crippen LogP contribution in [-0.4, -0.2) is 20.6 Å². The molecule has 2 aromatic rings. The van der Waals surface area contributed by atoms with Crippen LogP contribution in [-0.2, 0) is 17.5 Å². The summed E-state index contributed by atoms with van der Waals surface area (Å²) in [5, 5.41) is 9.23. The second-order valence-electron chi connectivity index (χ2n) is 5.23. The fourth-order valence-corrected chi connectivity index (χ4v) is 2.89. The van der Waals surface area contributed by atoms with Crippen molar-refractivity contribution in [2.45, 2.75) is 31.5 Å². The molecule has 1 unspecified atom stereocenters. The Balaban J connectivity index is 2.14. The quantitative estimate of drug-likeness (QED) is 0.923. The van der Waals surface area contributed by atoms with Crippen molar-refractivity contribution < 1.29 is 23.1 Å². The van der Waals surface area contributed by atoms with Gasteiger partial charge in [0.15, 0.2) is 0 Å². The van der Waals surface area contributed by atoms with E-state index in [0.717, 1.165) is 6.07 Å². The number of hydrogen-bond donors (Lipinski definition) is 1. The average molecular weight is 310 g/mol. The van der Waals surface area contributed by atoms with Crippen LogP contribution in [0.1, 0.15) is 30.0 Å². The van der Waals surface area contributed by atoms with Gasteiger partial charge in [-0.1, -0.05) is 18.2 Å². The Kier molecular flexibility index (Phi) is 3.42. The molecule has 3 rings (SSSR count). The predicted molar refractivity (Wildman–Crippen MR) is 72.3 cm³/mol. The molecule has 22 heavy (non-hydrogen) atoms. The van der Waals surface area contributed by atoms with E-state index in [1.54, 1.807) is 4.57 Å². The molecule has 0 saturated heterocycles. The van der Waals surface area contributed by atoms with E-state index in [9.17, 15) is 23.1 Å². The Morgan fingerprint density at radius 1 is 1.32 bits per heavy atom. The third-order valence-electron chi connectivity index (χ3n) is 3.89. The van der Waals surface area contributed by atoms with E-state index in [1.807, 2.05) is 0 Å². The summed E-state index contributed by atoms with van der Waals surface area (Å²) in [7, 11) is 0. The van der Waals surface area contributed by atoms with Gasteiger partial charge in [0.1, 0.15) is 5.82 Å². The number of imidazole rings is 1. The van der Waals surface area contributed by atoms with Crippen LogP contribution in [0.25, 0.3) is 11.4 Å². The summed E-state index contributed by atoms with van der Waals surface area (Å²) in [5.41, 5.74) is -0.320. The molecule has 0 spiro atoms. The summed E-state index contributed by atoms with van der Waals surface area (Å²) < 4.78 is 41.0. The van der Waals surface area contributed by atoms with Gasteiger partial charge in [0, 0.05) is 18.3 Å². The fraction of sp³-hybridized carbons (Fsp3) is 0.333. The number of benzene rings is 1. The molecule has 0 fully saturated rings. The first-order chi connectivity index (χ1) is 10.4. The van der Waals surface area contributed by atoms with Crippen molar-refractivity contribution in [1.82, 2.24) is 9.55 Å². The van der Waals surface area contributed by atoms with E-state index in [4.69, 9.17) is 0 Å². The topological polar surface area (TPSA) is 55.1 Å². The summed E-state index contributed by atoms with van der Waals surface area (Å²) in [6, 6.07) is 5.22. The highest BCUT2D eigenvalue weighted by Gasteiger charge is 2.36. The fourth-order valence-electron chi connectivity index (χ4n) is 2.89. The van der Waals surface area contributed by atoms with Gasteiger partial charge in [-0.25, -0.2) is 4.98 Å². The molecule has 1 aliphatic rings. The maximum Gasteiger partial charge on any atom is 0.417 e. The zero-order valence-electron chi connectivity index (χ0n) is 11.5. The lowest BCUT2D eigenvalue weighted by Crippen LogP contribution is -2.22. The lowest BCUT2D eigenvalue weighted by molar-refractivity contribution is -0.139. The maximum atomic E-state index is 13.1. The Labute approximate surface area is 124 Å². The number of alkyl halides is 3. The minimum absolute atomic E-state index is 0.0210. The van der Waals surface area contributed by atoms with Gasteiger partial charge >= 0.3 is 12.1 Å². The van der Waals surface area contributed by atoms with Gasteiger partial charge in [-0.3, -0.25) is 4.79 Å². The van der Waals surface area contributed by atoms with Gasteiger partial charge in [0.2, 0.25) is 0 Å². The van der Waals surface area contributed by atoms with E-state index in [2.05, 4.69) is 4.98 Å². The van der Waals surface area contributed by atoms with Crippen LogP contribution in [0, 0.1) is 0 Å². The second kappa shape index (κ2) is 5.15. The predicted octanol–water partition coefficient (Wildman–Crippen LogP) is 3.53. The van der Waals surface area contributed by atoms with Crippen LogP contribution < -0.4 is 0 Å². The number of hydrogen-bond acceptors (Lipinski definition) is 2. The van der Waals surface area contributed by atoms with Gasteiger partial charge < -0.3 is 9.67 Å². The first kappa shape index (κ1) is 14.6. The Morgan fingerprint density at radius 2 is 2.05 bits per heavy atom. The summed E-state index contributed by atoms with van der Waals surface area (Å²) in [6.07, 6.45) is -2.03. The molecule has 0 aliphatic carbocycles. The molecular weight excluding hydrogens is 297 g/mol. The number of carboxylic acid groups (broad SMARTS) is 1. The van der Waals surface area contributed by atoms with E-state index < -0.39 is 23.6 Å². The van der Waals surface area contributed by atoms with Gasteiger partial charge in [-0.15, -0.1) is 0 Å². The first-order valence-electron chi connectivity index (χ1n) is 6.84. The van der Waals surface area contributed by atoms with Gasteiger partial charge in [-0.05, 0) is 18.9 Å². The van der Waals surface area contributed by atoms with Crippen LogP contribution >= 0.6 is 0 Å². The van der Waals surface area contributed by atoms with Crippen LogP contribution in [0.15, 0.2) is 30.5 Å². The Morgan fingerprint density at radius 3 is 2.73 bits per heavy atom. The number of rotatable bonds is 2. The molecule has 0 saturated carbocycles. The SMILES string of the molecule is O=C(O)C1CCCn2c1cnc2-c1ccccc1C(F)(F)F. The molecule has 1 aliphatic heterocycles. The Bertz CT molecular complexity index is 722. The highest BCUT2D eigenvalue weighted by molar-refractivity contribution is 5.76. The highest BCUT2D eigenvalue weighted by Crippen LogP contribution is 2.38. The van der Waals surface area contributed by atoms with Crippen molar-refractivity contribution >= 4 is 5.97 Å². The van der Waals surface area contributed by atoms with E-state index >= 15 is 0 Å². The minimum Gasteiger partial charge on any atom is -0.481 e. The van der Waals surface area contributed by atoms with Crippen molar-refractivity contribution in [2.24, 2.45) is 0 Å². The van der Waals surface area contributed by atoms with E-state index in [-0.39, 0.29) is 11.4 Å². The Hall–Kier alpha value is -2.31. The van der Waals surface area contributed by atoms with Gasteiger partial charge in [0.05, 0.1) is 17.2 Å². The molecular formula is C15H13F3N2O2. The van der Waals surface area contributed by atoms with Crippen molar-refractivity contribution in [1.29, 1.82) is 0 Å². The third kappa shape index (κ3) is 2.36. The second-order valence-corrected chi connectivity index (χ2v) is 5.23. The molecule has 1 N–H and O–H groups in total. The molecule has 0 radical (unpaired) electrons. The van der Waals surface area contributed by atoms with Crippen LogP contribution in [0.5, 0.6) is 0 Å². The smallest absolute Gasteiger partial charge is 0.417 e. The molecule has 2 heterocycles. The number of aliphatic carboxylic acids is 1. The van der Waals surface area contributed by atoms with Crippen molar-refractivity contribution in [3.63, 3.8) is 0 Å². The normalized spacial score (nSPS) is 18.0. The van der Waals surface area contributed by atoms with Crippen molar-refractivity contribution in [2.75, 3.05) is 0 Å². The standard InChI is InChI=1S/C15H13F3N2O2/c16-15(17,18)11-6-2-1-4-9(11)13-19-8-12-10(14(21)22)5-3-7-20(12)13/h1-2,4,6,8,10H,3,5,7H2,(H,21,22). The number of fused-ring (bicyclic) bond motifs is 1. The number of aromatic nitrogens is 2. The van der Waals surface area contributed by atoms with Crippen LogP contribution in [0.3, 0.4) is 0 Å². The van der Waals surface area contributed by atoms with E-state index in [1.165, 1.54) is 24.4 Å². The maximum absolute atomic E-state index is 13.1. The zero-order valence-corrected chi connectivity index (χ0v) is 11.5. The molecule has 116 valence electrons. The zero-order chi connectivity index (χ0) is 15.9. The molecule has 4 nitrogen and oxygen atoms in total. The highest BCUT2D eigenvalue weighted by atomic mass is 19.4. The van der Waals surface area contributed by atoms with Crippen LogP contribution in [0.2, 0.25) is 0 Å². The lowest BCUT2D eigenvalue weighted by Gasteiger charge is -2.23. The molecule has 1 aromatic heterocycles. The summed E-state index contributed by atoms with van der Waals surface area (Å²) in [4.78, 5) is 15.3. The minimum atomic E-state index is -4.48. The number of nitrogens with zero attached hydrogens (tertiary/aromatic N) is 2. The van der Waals surface area contributed by atoms with Gasteiger partial charge in [-0.2, -0.15) is 13.2 Å².